The van der Waals surface area contributed by atoms with Crippen LogP contribution in [-0.2, 0) is 21.8 Å². The molecule has 0 aliphatic carbocycles. The van der Waals surface area contributed by atoms with Gasteiger partial charge in [-0.1, -0.05) is 0 Å². The zero-order chi connectivity index (χ0) is 18.2. The summed E-state index contributed by atoms with van der Waals surface area (Å²) in [5, 5.41) is 4.05. The van der Waals surface area contributed by atoms with Gasteiger partial charge in [-0.2, -0.15) is 9.40 Å². The van der Waals surface area contributed by atoms with Crippen molar-refractivity contribution in [3.8, 4) is 0 Å². The van der Waals surface area contributed by atoms with Crippen molar-refractivity contribution in [1.82, 2.24) is 19.0 Å². The van der Waals surface area contributed by atoms with Gasteiger partial charge in [0.15, 0.2) is 0 Å². The molecule has 8 nitrogen and oxygen atoms in total. The third-order valence-corrected chi connectivity index (χ3v) is 6.78. The molecule has 0 N–H and O–H groups in total. The van der Waals surface area contributed by atoms with Gasteiger partial charge in [0.25, 0.3) is 5.91 Å². The van der Waals surface area contributed by atoms with Gasteiger partial charge in [0.1, 0.15) is 5.69 Å². The van der Waals surface area contributed by atoms with Gasteiger partial charge in [-0.05, 0) is 30.7 Å². The van der Waals surface area contributed by atoms with E-state index >= 15 is 0 Å². The van der Waals surface area contributed by atoms with E-state index in [0.29, 0.717) is 31.9 Å². The molecule has 25 heavy (non-hydrogen) atoms. The highest BCUT2D eigenvalue weighted by Crippen LogP contribution is 2.44. The van der Waals surface area contributed by atoms with Crippen LogP contribution in [0.3, 0.4) is 0 Å². The van der Waals surface area contributed by atoms with Crippen molar-refractivity contribution in [2.24, 2.45) is 12.5 Å². The molecule has 0 aromatic carbocycles. The van der Waals surface area contributed by atoms with Crippen LogP contribution in [0, 0.1) is 5.41 Å². The molecule has 3 rings (SSSR count). The van der Waals surface area contributed by atoms with Gasteiger partial charge in [-0.3, -0.25) is 9.48 Å². The van der Waals surface area contributed by atoms with Gasteiger partial charge in [0.05, 0.1) is 12.9 Å². The number of ether oxygens (including phenoxy) is 1. The van der Waals surface area contributed by atoms with Crippen molar-refractivity contribution >= 4 is 15.9 Å². The van der Waals surface area contributed by atoms with Crippen molar-refractivity contribution in [3.05, 3.63) is 18.0 Å². The van der Waals surface area contributed by atoms with Gasteiger partial charge in [-0.15, -0.1) is 0 Å². The maximum absolute atomic E-state index is 12.6. The molecular weight excluding hydrogens is 344 g/mol. The Hall–Kier alpha value is -1.45. The fraction of sp³-hybridized carbons (Fsp3) is 0.750. The first-order chi connectivity index (χ1) is 11.8. The molecule has 1 amide bonds. The summed E-state index contributed by atoms with van der Waals surface area (Å²) in [4.78, 5) is 14.5. The highest BCUT2D eigenvalue weighted by atomic mass is 32.2. The number of aromatic nitrogens is 2. The first-order valence-corrected chi connectivity index (χ1v) is 10.3. The lowest BCUT2D eigenvalue weighted by atomic mass is 9.76. The molecule has 1 atom stereocenters. The van der Waals surface area contributed by atoms with Crippen LogP contribution in [0.25, 0.3) is 0 Å². The normalized spacial score (nSPS) is 24.1. The highest BCUT2D eigenvalue weighted by molar-refractivity contribution is 7.88. The monoisotopic (exact) mass is 370 g/mol. The number of likely N-dealkylation sites (tertiary alicyclic amines) is 1. The molecule has 1 aromatic rings. The number of sulfonamides is 1. The first kappa shape index (κ1) is 18.3. The van der Waals surface area contributed by atoms with E-state index in [4.69, 9.17) is 4.74 Å². The zero-order valence-corrected chi connectivity index (χ0v) is 15.8. The van der Waals surface area contributed by atoms with Crippen LogP contribution in [0.5, 0.6) is 0 Å². The minimum Gasteiger partial charge on any atom is -0.383 e. The number of hydrogen-bond acceptors (Lipinski definition) is 5. The number of methoxy groups -OCH3 is 1. The Morgan fingerprint density at radius 3 is 2.60 bits per heavy atom. The maximum atomic E-state index is 12.6. The maximum Gasteiger partial charge on any atom is 0.272 e. The van der Waals surface area contributed by atoms with Crippen molar-refractivity contribution in [2.45, 2.75) is 25.3 Å². The highest BCUT2D eigenvalue weighted by Gasteiger charge is 2.48. The Labute approximate surface area is 148 Å². The second-order valence-corrected chi connectivity index (χ2v) is 9.19. The van der Waals surface area contributed by atoms with Crippen LogP contribution < -0.4 is 0 Å². The largest absolute Gasteiger partial charge is 0.383 e. The van der Waals surface area contributed by atoms with Gasteiger partial charge < -0.3 is 9.64 Å². The van der Waals surface area contributed by atoms with Crippen molar-refractivity contribution in [2.75, 3.05) is 39.6 Å². The second-order valence-electron chi connectivity index (χ2n) is 7.25. The van der Waals surface area contributed by atoms with E-state index in [1.165, 1.54) is 6.26 Å². The molecule has 0 unspecified atom stereocenters. The topological polar surface area (TPSA) is 84.7 Å². The molecule has 140 valence electrons. The molecule has 9 heteroatoms. The molecule has 1 aromatic heterocycles. The minimum absolute atomic E-state index is 0.0127. The number of amides is 1. The van der Waals surface area contributed by atoms with Gasteiger partial charge >= 0.3 is 0 Å². The number of hydrogen-bond donors (Lipinski definition) is 0. The Kier molecular flexibility index (Phi) is 4.91. The Bertz CT molecular complexity index is 737. The molecule has 2 saturated heterocycles. The minimum atomic E-state index is -3.26. The SMILES string of the molecule is COC[C@H]1CC2(CCN(C(=O)c3ccnn3C)CC2)CN1S(C)(=O)=O. The predicted octanol–water partition coefficient (Wildman–Crippen LogP) is 0.323. The van der Waals surface area contributed by atoms with Crippen LogP contribution in [0.15, 0.2) is 12.3 Å². The van der Waals surface area contributed by atoms with E-state index in [-0.39, 0.29) is 17.4 Å². The molecule has 2 aliphatic heterocycles. The third kappa shape index (κ3) is 3.58. The standard InChI is InChI=1S/C16H26N4O4S/c1-18-14(4-7-17-18)15(21)19-8-5-16(6-9-19)10-13(11-24-2)20(12-16)25(3,22)23/h4,7,13H,5-6,8-12H2,1-3H3/t13-/m1/s1. The lowest BCUT2D eigenvalue weighted by Crippen LogP contribution is -2.45. The Morgan fingerprint density at radius 1 is 1.40 bits per heavy atom. The molecule has 1 spiro atoms. The van der Waals surface area contributed by atoms with Crippen LogP contribution >= 0.6 is 0 Å². The average Bonchev–Trinajstić information content (AvgIpc) is 3.12. The summed E-state index contributed by atoms with van der Waals surface area (Å²) in [6, 6.07) is 1.61. The van der Waals surface area contributed by atoms with Crippen LogP contribution in [-0.4, -0.2) is 79.0 Å². The number of aryl methyl sites for hydroxylation is 1. The molecule has 0 saturated carbocycles. The lowest BCUT2D eigenvalue weighted by molar-refractivity contribution is 0.0584. The van der Waals surface area contributed by atoms with Crippen molar-refractivity contribution in [1.29, 1.82) is 0 Å². The van der Waals surface area contributed by atoms with Crippen molar-refractivity contribution in [3.63, 3.8) is 0 Å². The summed E-state index contributed by atoms with van der Waals surface area (Å²) in [5.41, 5.74) is 0.521. The van der Waals surface area contributed by atoms with Gasteiger partial charge in [0.2, 0.25) is 10.0 Å². The summed E-state index contributed by atoms with van der Waals surface area (Å²) in [6.07, 6.45) is 5.29. The van der Waals surface area contributed by atoms with E-state index in [1.54, 1.807) is 35.4 Å². The number of carbonyl (C=O) groups is 1. The summed E-state index contributed by atoms with van der Waals surface area (Å²) < 4.78 is 32.6. The number of piperidine rings is 1. The van der Waals surface area contributed by atoms with Gasteiger partial charge in [-0.25, -0.2) is 8.42 Å². The summed E-state index contributed by atoms with van der Waals surface area (Å²) in [5.74, 6) is -0.0127. The van der Waals surface area contributed by atoms with Crippen LogP contribution in [0.1, 0.15) is 29.8 Å². The summed E-state index contributed by atoms with van der Waals surface area (Å²) >= 11 is 0. The molecule has 0 radical (unpaired) electrons. The quantitative estimate of drug-likeness (QED) is 0.762. The Balaban J connectivity index is 1.69. The number of rotatable bonds is 4. The summed E-state index contributed by atoms with van der Waals surface area (Å²) in [7, 11) is 0.0977. The zero-order valence-electron chi connectivity index (χ0n) is 15.0. The smallest absolute Gasteiger partial charge is 0.272 e. The molecule has 2 fully saturated rings. The fourth-order valence-corrected chi connectivity index (χ4v) is 5.33. The predicted molar refractivity (Wildman–Crippen MR) is 92.6 cm³/mol. The fourth-order valence-electron chi connectivity index (χ4n) is 4.14. The van der Waals surface area contributed by atoms with E-state index in [0.717, 1.165) is 19.3 Å². The number of carbonyl (C=O) groups excluding carboxylic acids is 1. The molecule has 0 bridgehead atoms. The van der Waals surface area contributed by atoms with Crippen molar-refractivity contribution < 1.29 is 17.9 Å². The molecule has 3 heterocycles. The van der Waals surface area contributed by atoms with Crippen LogP contribution in [0.2, 0.25) is 0 Å². The van der Waals surface area contributed by atoms with E-state index < -0.39 is 10.0 Å². The van der Waals surface area contributed by atoms with E-state index in [2.05, 4.69) is 5.10 Å². The van der Waals surface area contributed by atoms with Crippen LogP contribution in [0.4, 0.5) is 0 Å². The first-order valence-electron chi connectivity index (χ1n) is 8.49. The molecule has 2 aliphatic rings. The van der Waals surface area contributed by atoms with E-state index in [9.17, 15) is 13.2 Å². The average molecular weight is 370 g/mol. The van der Waals surface area contributed by atoms with E-state index in [1.807, 2.05) is 4.90 Å². The summed E-state index contributed by atoms with van der Waals surface area (Å²) in [6.45, 7) is 2.21. The number of nitrogens with zero attached hydrogens (tertiary/aromatic N) is 4. The lowest BCUT2D eigenvalue weighted by Gasteiger charge is -2.39. The Morgan fingerprint density at radius 2 is 2.08 bits per heavy atom. The molecular formula is C16H26N4O4S. The van der Waals surface area contributed by atoms with Gasteiger partial charge in [0, 0.05) is 46.0 Å². The third-order valence-electron chi connectivity index (χ3n) is 5.50. The second kappa shape index (κ2) is 6.69.